The van der Waals surface area contributed by atoms with Crippen molar-refractivity contribution in [2.45, 2.75) is 38.6 Å². The lowest BCUT2D eigenvalue weighted by Gasteiger charge is -2.35. The van der Waals surface area contributed by atoms with Crippen LogP contribution < -0.4 is 10.1 Å². The van der Waals surface area contributed by atoms with Gasteiger partial charge in [-0.15, -0.1) is 0 Å². The quantitative estimate of drug-likeness (QED) is 0.289. The van der Waals surface area contributed by atoms with Gasteiger partial charge in [-0.2, -0.15) is 5.10 Å². The third kappa shape index (κ3) is 4.51. The zero-order valence-electron chi connectivity index (χ0n) is 22.7. The topological polar surface area (TPSA) is 85.2 Å². The third-order valence-electron chi connectivity index (χ3n) is 8.59. The first kappa shape index (κ1) is 24.8. The Bertz CT molecular complexity index is 1550. The first-order valence-electron chi connectivity index (χ1n) is 14.5. The van der Waals surface area contributed by atoms with Crippen molar-refractivity contribution in [1.82, 2.24) is 24.6 Å². The maximum absolute atomic E-state index is 13.6. The minimum absolute atomic E-state index is 0.0631. The van der Waals surface area contributed by atoms with E-state index in [4.69, 9.17) is 14.8 Å². The van der Waals surface area contributed by atoms with Crippen molar-refractivity contribution in [3.8, 4) is 22.8 Å². The molecule has 0 spiro atoms. The molecule has 4 aromatic rings. The number of carbonyl (C=O) groups is 1. The van der Waals surface area contributed by atoms with Crippen LogP contribution in [0.5, 0.6) is 11.5 Å². The van der Waals surface area contributed by atoms with Crippen LogP contribution in [0.4, 0.5) is 5.82 Å². The van der Waals surface area contributed by atoms with Gasteiger partial charge in [0.2, 0.25) is 5.91 Å². The van der Waals surface area contributed by atoms with Crippen molar-refractivity contribution in [3.05, 3.63) is 73.1 Å². The molecule has 8 nitrogen and oxygen atoms in total. The molecule has 1 saturated heterocycles. The summed E-state index contributed by atoms with van der Waals surface area (Å²) in [5.41, 5.74) is 2.60. The first-order valence-corrected chi connectivity index (χ1v) is 14.5. The molecular formula is C32H34N6O2. The number of anilines is 1. The highest BCUT2D eigenvalue weighted by atomic mass is 16.5. The summed E-state index contributed by atoms with van der Waals surface area (Å²) >= 11 is 0. The molecule has 2 fully saturated rings. The Hall–Kier alpha value is -4.20. The average Bonchev–Trinajstić information content (AvgIpc) is 3.74. The number of carbonyl (C=O) groups excluding carboxylic acids is 1. The molecule has 3 unspecified atom stereocenters. The number of hydrogen-bond donors (Lipinski definition) is 1. The van der Waals surface area contributed by atoms with E-state index in [-0.39, 0.29) is 12.0 Å². The number of likely N-dealkylation sites (tertiary alicyclic amines) is 1. The Morgan fingerprint density at radius 3 is 2.60 bits per heavy atom. The second-order valence-corrected chi connectivity index (χ2v) is 11.2. The molecule has 40 heavy (non-hydrogen) atoms. The minimum atomic E-state index is 0.0631. The highest BCUT2D eigenvalue weighted by Crippen LogP contribution is 2.45. The summed E-state index contributed by atoms with van der Waals surface area (Å²) in [6.45, 7) is 4.28. The molecule has 1 N–H and O–H groups in total. The van der Waals surface area contributed by atoms with Gasteiger partial charge in [0.25, 0.3) is 0 Å². The summed E-state index contributed by atoms with van der Waals surface area (Å²) in [5, 5.41) is 9.46. The van der Waals surface area contributed by atoms with Gasteiger partial charge >= 0.3 is 0 Å². The Kier molecular flexibility index (Phi) is 6.46. The van der Waals surface area contributed by atoms with E-state index in [0.717, 1.165) is 78.4 Å². The fourth-order valence-corrected chi connectivity index (χ4v) is 6.69. The van der Waals surface area contributed by atoms with E-state index in [1.165, 1.54) is 0 Å². The number of piperidine rings is 1. The van der Waals surface area contributed by atoms with Crippen LogP contribution in [0.1, 0.15) is 38.6 Å². The van der Waals surface area contributed by atoms with E-state index in [0.29, 0.717) is 24.3 Å². The van der Waals surface area contributed by atoms with E-state index in [9.17, 15) is 4.79 Å². The lowest BCUT2D eigenvalue weighted by atomic mass is 9.91. The van der Waals surface area contributed by atoms with Crippen LogP contribution in [0, 0.1) is 17.8 Å². The molecule has 0 radical (unpaired) electrons. The summed E-state index contributed by atoms with van der Waals surface area (Å²) < 4.78 is 8.05. The molecule has 3 heterocycles. The van der Waals surface area contributed by atoms with Crippen LogP contribution in [0.2, 0.25) is 0 Å². The van der Waals surface area contributed by atoms with Crippen LogP contribution in [-0.2, 0) is 4.79 Å². The normalized spacial score (nSPS) is 23.6. The van der Waals surface area contributed by atoms with Crippen molar-refractivity contribution in [2.24, 2.45) is 17.8 Å². The van der Waals surface area contributed by atoms with Crippen LogP contribution >= 0.6 is 0 Å². The molecule has 2 aromatic heterocycles. The van der Waals surface area contributed by atoms with Gasteiger partial charge in [-0.3, -0.25) is 4.79 Å². The van der Waals surface area contributed by atoms with E-state index in [2.05, 4.69) is 34.3 Å². The van der Waals surface area contributed by atoms with E-state index < -0.39 is 0 Å². The molecule has 2 aliphatic carbocycles. The van der Waals surface area contributed by atoms with Crippen molar-refractivity contribution in [3.63, 3.8) is 0 Å². The number of nitrogens with one attached hydrogen (secondary N) is 1. The fraction of sp³-hybridized carbons (Fsp3) is 0.375. The SMILES string of the molecule is CCNc1ncnc2c1c(-c1ccc(Oc3ccccc3)cc1)nn2[C@@H]1CCCN(C(=O)C2CC3C=CC2C3)C1. The summed E-state index contributed by atoms with van der Waals surface area (Å²) in [6, 6.07) is 17.8. The number of para-hydroxylation sites is 1. The minimum Gasteiger partial charge on any atom is -0.457 e. The van der Waals surface area contributed by atoms with Gasteiger partial charge in [0.1, 0.15) is 29.3 Å². The molecular weight excluding hydrogens is 500 g/mol. The summed E-state index contributed by atoms with van der Waals surface area (Å²) in [6.07, 6.45) is 10.2. The van der Waals surface area contributed by atoms with Crippen molar-refractivity contribution >= 4 is 22.8 Å². The molecule has 1 saturated carbocycles. The number of fused-ring (bicyclic) bond motifs is 3. The molecule has 3 aliphatic rings. The summed E-state index contributed by atoms with van der Waals surface area (Å²) in [5.74, 6) is 3.79. The molecule has 4 atom stereocenters. The highest BCUT2D eigenvalue weighted by molar-refractivity contribution is 5.99. The molecule has 204 valence electrons. The second kappa shape index (κ2) is 10.4. The molecule has 8 heteroatoms. The zero-order valence-corrected chi connectivity index (χ0v) is 22.7. The maximum Gasteiger partial charge on any atom is 0.226 e. The van der Waals surface area contributed by atoms with Crippen molar-refractivity contribution < 1.29 is 9.53 Å². The van der Waals surface area contributed by atoms with E-state index >= 15 is 0 Å². The number of benzene rings is 2. The molecule has 7 rings (SSSR count). The first-order chi connectivity index (χ1) is 19.7. The predicted octanol–water partition coefficient (Wildman–Crippen LogP) is 6.09. The summed E-state index contributed by atoms with van der Waals surface area (Å²) in [7, 11) is 0. The molecule has 1 aliphatic heterocycles. The number of aromatic nitrogens is 4. The van der Waals surface area contributed by atoms with Gasteiger partial charge in [0.15, 0.2) is 5.65 Å². The number of nitrogens with zero attached hydrogens (tertiary/aromatic N) is 5. The zero-order chi connectivity index (χ0) is 27.1. The lowest BCUT2D eigenvalue weighted by Crippen LogP contribution is -2.44. The van der Waals surface area contributed by atoms with Crippen LogP contribution in [0.25, 0.3) is 22.3 Å². The number of ether oxygens (including phenoxy) is 1. The second-order valence-electron chi connectivity index (χ2n) is 11.2. The monoisotopic (exact) mass is 534 g/mol. The number of amides is 1. The maximum atomic E-state index is 13.6. The van der Waals surface area contributed by atoms with Crippen LogP contribution in [-0.4, -0.2) is 50.2 Å². The molecule has 2 bridgehead atoms. The highest BCUT2D eigenvalue weighted by Gasteiger charge is 2.42. The predicted molar refractivity (Wildman–Crippen MR) is 155 cm³/mol. The Morgan fingerprint density at radius 1 is 1.02 bits per heavy atom. The van der Waals surface area contributed by atoms with Gasteiger partial charge < -0.3 is 15.0 Å². The fourth-order valence-electron chi connectivity index (χ4n) is 6.69. The number of rotatable bonds is 7. The summed E-state index contributed by atoms with van der Waals surface area (Å²) in [4.78, 5) is 24.9. The third-order valence-corrected chi connectivity index (χ3v) is 8.59. The largest absolute Gasteiger partial charge is 0.457 e. The smallest absolute Gasteiger partial charge is 0.226 e. The van der Waals surface area contributed by atoms with Crippen molar-refractivity contribution in [2.75, 3.05) is 25.0 Å². The van der Waals surface area contributed by atoms with Gasteiger partial charge in [0.05, 0.1) is 11.4 Å². The molecule has 2 aromatic carbocycles. The van der Waals surface area contributed by atoms with Crippen LogP contribution in [0.3, 0.4) is 0 Å². The lowest BCUT2D eigenvalue weighted by molar-refractivity contribution is -0.138. The van der Waals surface area contributed by atoms with Gasteiger partial charge in [-0.05, 0) is 80.8 Å². The van der Waals surface area contributed by atoms with Gasteiger partial charge in [-0.25, -0.2) is 14.6 Å². The van der Waals surface area contributed by atoms with E-state index in [1.54, 1.807) is 6.33 Å². The van der Waals surface area contributed by atoms with Gasteiger partial charge in [-0.1, -0.05) is 30.4 Å². The van der Waals surface area contributed by atoms with Gasteiger partial charge in [0, 0.05) is 31.1 Å². The Labute approximate surface area is 234 Å². The van der Waals surface area contributed by atoms with E-state index in [1.807, 2.05) is 59.3 Å². The Balaban J connectivity index is 1.20. The number of allylic oxidation sites excluding steroid dienone is 2. The average molecular weight is 535 g/mol. The Morgan fingerprint density at radius 2 is 1.85 bits per heavy atom. The molecule has 1 amide bonds. The van der Waals surface area contributed by atoms with Crippen LogP contribution in [0.15, 0.2) is 73.1 Å². The number of hydrogen-bond acceptors (Lipinski definition) is 6. The standard InChI is InChI=1S/C32H34N6O2/c1-2-33-30-28-29(22-12-14-26(15-13-22)40-25-8-4-3-5-9-25)36-38(31(28)35-20-34-30)24-7-6-16-37(19-24)32(39)27-18-21-10-11-23(27)17-21/h3-5,8-15,20-21,23-24,27H,2,6-7,16-19H2,1H3,(H,33,34,35)/t21?,23?,24-,27?/m1/s1. The van der Waals surface area contributed by atoms with Crippen molar-refractivity contribution in [1.29, 1.82) is 0 Å².